The van der Waals surface area contributed by atoms with Crippen LogP contribution < -0.4 is 10.0 Å². The van der Waals surface area contributed by atoms with Gasteiger partial charge in [-0.1, -0.05) is 42.5 Å². The molecule has 0 N–H and O–H groups in total. The van der Waals surface area contributed by atoms with Crippen molar-refractivity contribution in [2.24, 2.45) is 0 Å². The highest BCUT2D eigenvalue weighted by molar-refractivity contribution is 7.70. The molecule has 0 aliphatic carbocycles. The highest BCUT2D eigenvalue weighted by atomic mass is 31.2. The van der Waals surface area contributed by atoms with E-state index in [1.165, 1.54) is 0 Å². The van der Waals surface area contributed by atoms with Crippen molar-refractivity contribution < 1.29 is 13.8 Å². The summed E-state index contributed by atoms with van der Waals surface area (Å²) in [6.07, 6.45) is 0. The Hall–Kier alpha value is -1.83. The molecular formula is C16H15O3P. The van der Waals surface area contributed by atoms with Crippen LogP contribution in [0.4, 0.5) is 0 Å². The van der Waals surface area contributed by atoms with Crippen LogP contribution in [-0.2, 0) is 9.09 Å². The van der Waals surface area contributed by atoms with Crippen LogP contribution in [0.5, 0.6) is 5.75 Å². The first-order valence-electron chi connectivity index (χ1n) is 6.53. The van der Waals surface area contributed by atoms with Crippen LogP contribution in [0, 0.1) is 0 Å². The molecule has 1 unspecified atom stereocenters. The van der Waals surface area contributed by atoms with E-state index in [0.717, 1.165) is 5.56 Å². The predicted molar refractivity (Wildman–Crippen MR) is 80.4 cm³/mol. The number of benzene rings is 2. The van der Waals surface area contributed by atoms with Gasteiger partial charge in [-0.2, -0.15) is 0 Å². The van der Waals surface area contributed by atoms with Gasteiger partial charge in [0, 0.05) is 11.4 Å². The average molecular weight is 286 g/mol. The van der Waals surface area contributed by atoms with E-state index < -0.39 is 7.37 Å². The van der Waals surface area contributed by atoms with E-state index in [2.05, 4.69) is 0 Å². The van der Waals surface area contributed by atoms with Gasteiger partial charge in [0.25, 0.3) is 7.37 Å². The summed E-state index contributed by atoms with van der Waals surface area (Å²) in [5, 5.41) is 0.626. The van der Waals surface area contributed by atoms with Crippen molar-refractivity contribution in [1.82, 2.24) is 0 Å². The van der Waals surface area contributed by atoms with Crippen LogP contribution in [0.15, 0.2) is 60.4 Å². The van der Waals surface area contributed by atoms with E-state index in [-0.39, 0.29) is 0 Å². The molecular weight excluding hydrogens is 271 g/mol. The molecule has 1 heterocycles. The summed E-state index contributed by atoms with van der Waals surface area (Å²) in [4.78, 5) is 0. The molecule has 1 aliphatic rings. The summed E-state index contributed by atoms with van der Waals surface area (Å²) in [7, 11) is -3.01. The summed E-state index contributed by atoms with van der Waals surface area (Å²) in [6, 6.07) is 17.0. The second-order valence-corrected chi connectivity index (χ2v) is 6.64. The molecule has 2 aromatic carbocycles. The van der Waals surface area contributed by atoms with Gasteiger partial charge in [-0.05, 0) is 19.1 Å². The number of rotatable bonds is 3. The Labute approximate surface area is 118 Å². The molecule has 0 radical (unpaired) electrons. The zero-order chi connectivity index (χ0) is 14.0. The standard InChI is InChI=1S/C16H15O3P/c1-2-18-20(17)12-15(13-8-4-3-5-9-13)19-14-10-6-7-11-16(14)20/h3-12H,2H2,1H3. The third-order valence-corrected chi connectivity index (χ3v) is 5.34. The second-order valence-electron chi connectivity index (χ2n) is 4.44. The minimum absolute atomic E-state index is 0.393. The summed E-state index contributed by atoms with van der Waals surface area (Å²) in [5.74, 6) is 2.81. The molecule has 20 heavy (non-hydrogen) atoms. The van der Waals surface area contributed by atoms with Crippen molar-refractivity contribution in [3.63, 3.8) is 0 Å². The Bertz CT molecular complexity index is 692. The van der Waals surface area contributed by atoms with Crippen molar-refractivity contribution in [3.8, 4) is 5.75 Å². The van der Waals surface area contributed by atoms with Gasteiger partial charge in [0.05, 0.1) is 11.9 Å². The van der Waals surface area contributed by atoms with E-state index in [1.54, 1.807) is 11.9 Å². The van der Waals surface area contributed by atoms with Gasteiger partial charge in [0.2, 0.25) is 0 Å². The van der Waals surface area contributed by atoms with Crippen LogP contribution in [0.2, 0.25) is 0 Å². The smallest absolute Gasteiger partial charge is 0.261 e. The quantitative estimate of drug-likeness (QED) is 0.799. The molecule has 0 saturated heterocycles. The molecule has 102 valence electrons. The first-order chi connectivity index (χ1) is 9.73. The lowest BCUT2D eigenvalue weighted by Gasteiger charge is -2.24. The van der Waals surface area contributed by atoms with Crippen molar-refractivity contribution >= 4 is 18.4 Å². The Morgan fingerprint density at radius 3 is 2.50 bits per heavy atom. The van der Waals surface area contributed by atoms with Crippen LogP contribution in [-0.4, -0.2) is 6.61 Å². The van der Waals surface area contributed by atoms with Gasteiger partial charge < -0.3 is 9.26 Å². The van der Waals surface area contributed by atoms with E-state index in [1.807, 2.05) is 55.5 Å². The van der Waals surface area contributed by atoms with Crippen LogP contribution in [0.3, 0.4) is 0 Å². The highest BCUT2D eigenvalue weighted by Crippen LogP contribution is 2.54. The highest BCUT2D eigenvalue weighted by Gasteiger charge is 2.32. The maximum Gasteiger partial charge on any atom is 0.261 e. The number of hydrogen-bond donors (Lipinski definition) is 0. The van der Waals surface area contributed by atoms with Crippen molar-refractivity contribution in [2.75, 3.05) is 6.61 Å². The number of ether oxygens (including phenoxy) is 1. The fraction of sp³-hybridized carbons (Fsp3) is 0.125. The third kappa shape index (κ3) is 2.31. The number of para-hydroxylation sites is 1. The molecule has 4 heteroatoms. The van der Waals surface area contributed by atoms with Crippen LogP contribution >= 0.6 is 7.37 Å². The maximum atomic E-state index is 13.1. The van der Waals surface area contributed by atoms with Gasteiger partial charge in [-0.25, -0.2) is 0 Å². The van der Waals surface area contributed by atoms with Gasteiger partial charge >= 0.3 is 0 Å². The monoisotopic (exact) mass is 286 g/mol. The molecule has 3 rings (SSSR count). The second kappa shape index (κ2) is 5.28. The van der Waals surface area contributed by atoms with E-state index in [0.29, 0.717) is 23.4 Å². The number of fused-ring (bicyclic) bond motifs is 1. The van der Waals surface area contributed by atoms with E-state index in [4.69, 9.17) is 9.26 Å². The van der Waals surface area contributed by atoms with Gasteiger partial charge in [-0.3, -0.25) is 4.57 Å². The average Bonchev–Trinajstić information content (AvgIpc) is 2.48. The first-order valence-corrected chi connectivity index (χ1v) is 8.22. The van der Waals surface area contributed by atoms with Crippen molar-refractivity contribution in [1.29, 1.82) is 0 Å². The molecule has 2 aromatic rings. The summed E-state index contributed by atoms with van der Waals surface area (Å²) >= 11 is 0. The minimum Gasteiger partial charge on any atom is -0.456 e. The summed E-state index contributed by atoms with van der Waals surface area (Å²) in [6.45, 7) is 2.23. The van der Waals surface area contributed by atoms with E-state index >= 15 is 0 Å². The summed E-state index contributed by atoms with van der Waals surface area (Å²) in [5.41, 5.74) is 0.891. The van der Waals surface area contributed by atoms with Gasteiger partial charge in [0.1, 0.15) is 11.5 Å². The van der Waals surface area contributed by atoms with Crippen LogP contribution in [0.25, 0.3) is 5.76 Å². The molecule has 0 bridgehead atoms. The first kappa shape index (κ1) is 13.2. The molecule has 1 aliphatic heterocycles. The lowest BCUT2D eigenvalue weighted by atomic mass is 10.2. The Kier molecular flexibility index (Phi) is 3.47. The lowest BCUT2D eigenvalue weighted by molar-refractivity contribution is 0.345. The molecule has 0 aromatic heterocycles. The fourth-order valence-corrected chi connectivity index (χ4v) is 4.17. The topological polar surface area (TPSA) is 35.5 Å². The predicted octanol–water partition coefficient (Wildman–Crippen LogP) is 4.02. The molecule has 0 spiro atoms. The van der Waals surface area contributed by atoms with Crippen molar-refractivity contribution in [3.05, 3.63) is 66.0 Å². The number of hydrogen-bond acceptors (Lipinski definition) is 3. The zero-order valence-electron chi connectivity index (χ0n) is 11.2. The van der Waals surface area contributed by atoms with Crippen molar-refractivity contribution in [2.45, 2.75) is 6.92 Å². The third-order valence-electron chi connectivity index (χ3n) is 3.09. The Morgan fingerprint density at radius 1 is 1.05 bits per heavy atom. The minimum atomic E-state index is -3.01. The maximum absolute atomic E-state index is 13.1. The Balaban J connectivity index is 2.12. The van der Waals surface area contributed by atoms with Gasteiger partial charge in [-0.15, -0.1) is 0 Å². The lowest BCUT2D eigenvalue weighted by Crippen LogP contribution is -2.15. The largest absolute Gasteiger partial charge is 0.456 e. The molecule has 0 amide bonds. The van der Waals surface area contributed by atoms with Crippen LogP contribution in [0.1, 0.15) is 12.5 Å². The molecule has 0 saturated carbocycles. The summed E-state index contributed by atoms with van der Waals surface area (Å²) < 4.78 is 24.5. The normalized spacial score (nSPS) is 20.8. The van der Waals surface area contributed by atoms with Gasteiger partial charge in [0.15, 0.2) is 0 Å². The fourth-order valence-electron chi connectivity index (χ4n) is 2.20. The van der Waals surface area contributed by atoms with E-state index in [9.17, 15) is 4.57 Å². The molecule has 1 atom stereocenters. The SMILES string of the molecule is CCOP1(=O)C=C(c2ccccc2)Oc2ccccc21. The zero-order valence-corrected chi connectivity index (χ0v) is 12.0. The Morgan fingerprint density at radius 2 is 1.75 bits per heavy atom. The molecule has 3 nitrogen and oxygen atoms in total. The molecule has 0 fully saturated rings.